The summed E-state index contributed by atoms with van der Waals surface area (Å²) in [5.74, 6) is 0.599. The van der Waals surface area contributed by atoms with Gasteiger partial charge in [-0.1, -0.05) is 18.5 Å². The van der Waals surface area contributed by atoms with E-state index in [1.165, 1.54) is 6.33 Å². The minimum atomic E-state index is -0.360. The van der Waals surface area contributed by atoms with Gasteiger partial charge in [-0.15, -0.1) is 0 Å². The summed E-state index contributed by atoms with van der Waals surface area (Å²) in [5, 5.41) is 3.43. The first-order chi connectivity index (χ1) is 18.7. The average molecular weight is 556 g/mol. The first kappa shape index (κ1) is 27.3. The zero-order valence-corrected chi connectivity index (χ0v) is 23.5. The van der Waals surface area contributed by atoms with E-state index in [9.17, 15) is 0 Å². The summed E-state index contributed by atoms with van der Waals surface area (Å²) in [6, 6.07) is 3.70. The predicted octanol–water partition coefficient (Wildman–Crippen LogP) is 4.20. The maximum Gasteiger partial charge on any atom is 0.225 e. The number of halogens is 2. The van der Waals surface area contributed by atoms with E-state index in [2.05, 4.69) is 53.9 Å². The molecule has 3 aromatic rings. The van der Waals surface area contributed by atoms with Crippen molar-refractivity contribution in [3.8, 4) is 11.1 Å². The summed E-state index contributed by atoms with van der Waals surface area (Å²) >= 11 is 6.15. The molecule has 5 rings (SSSR count). The summed E-state index contributed by atoms with van der Waals surface area (Å²) < 4.78 is 21.5. The highest BCUT2D eigenvalue weighted by Gasteiger charge is 2.28. The van der Waals surface area contributed by atoms with Crippen molar-refractivity contribution >= 4 is 40.4 Å². The fraction of sp³-hybridized carbons (Fsp3) is 0.481. The van der Waals surface area contributed by atoms with Gasteiger partial charge in [-0.25, -0.2) is 24.3 Å². The Balaban J connectivity index is 1.49. The molecule has 0 unspecified atom stereocenters. The minimum absolute atomic E-state index is 0.0840. The van der Waals surface area contributed by atoms with Crippen LogP contribution in [0.1, 0.15) is 27.2 Å². The summed E-state index contributed by atoms with van der Waals surface area (Å²) in [6.07, 6.45) is 5.82. The van der Waals surface area contributed by atoms with Crippen molar-refractivity contribution in [2.45, 2.75) is 45.4 Å². The maximum atomic E-state index is 15.7. The van der Waals surface area contributed by atoms with E-state index in [1.54, 1.807) is 24.5 Å². The van der Waals surface area contributed by atoms with Crippen LogP contribution in [0.3, 0.4) is 0 Å². The summed E-state index contributed by atoms with van der Waals surface area (Å²) in [4.78, 5) is 23.9. The van der Waals surface area contributed by atoms with Crippen LogP contribution in [0.4, 0.5) is 33.2 Å². The molecule has 2 saturated heterocycles. The van der Waals surface area contributed by atoms with E-state index in [4.69, 9.17) is 22.1 Å². The molecule has 3 atom stereocenters. The highest BCUT2D eigenvalue weighted by molar-refractivity contribution is 6.32. The largest absolute Gasteiger partial charge is 0.393 e. The molecule has 4 heterocycles. The van der Waals surface area contributed by atoms with Crippen LogP contribution in [-0.2, 0) is 4.74 Å². The van der Waals surface area contributed by atoms with Crippen LogP contribution in [-0.4, -0.2) is 82.9 Å². The number of nitrogens with two attached hydrogens (primary N) is 1. The lowest BCUT2D eigenvalue weighted by Gasteiger charge is -2.35. The Hall–Kier alpha value is -3.28. The van der Waals surface area contributed by atoms with Gasteiger partial charge in [0.05, 0.1) is 23.6 Å². The van der Waals surface area contributed by atoms with Crippen molar-refractivity contribution in [2.24, 2.45) is 0 Å². The minimum Gasteiger partial charge on any atom is -0.393 e. The number of benzene rings is 1. The van der Waals surface area contributed by atoms with Gasteiger partial charge in [-0.2, -0.15) is 0 Å². The zero-order chi connectivity index (χ0) is 27.7. The molecule has 2 aliphatic rings. The quantitative estimate of drug-likeness (QED) is 0.412. The predicted molar refractivity (Wildman–Crippen MR) is 153 cm³/mol. The summed E-state index contributed by atoms with van der Waals surface area (Å²) in [7, 11) is 2.11. The van der Waals surface area contributed by atoms with Gasteiger partial charge in [0.25, 0.3) is 0 Å². The van der Waals surface area contributed by atoms with Crippen LogP contribution >= 0.6 is 11.6 Å². The highest BCUT2D eigenvalue weighted by atomic mass is 35.5. The summed E-state index contributed by atoms with van der Waals surface area (Å²) in [6.45, 7) is 10.1. The number of nitrogen functional groups attached to an aromatic ring is 1. The molecule has 2 aromatic heterocycles. The van der Waals surface area contributed by atoms with Crippen LogP contribution < -0.4 is 20.9 Å². The second kappa shape index (κ2) is 11.4. The van der Waals surface area contributed by atoms with Crippen LogP contribution in [0.5, 0.6) is 0 Å². The third-order valence-corrected chi connectivity index (χ3v) is 7.75. The molecular weight excluding hydrogens is 521 g/mol. The molecule has 39 heavy (non-hydrogen) atoms. The van der Waals surface area contributed by atoms with Gasteiger partial charge in [0, 0.05) is 55.7 Å². The third kappa shape index (κ3) is 5.85. The standard InChI is InChI=1S/C27H35ClFN9O/c1-5-36(4)19-6-7-37(14-19)23-9-21(29)20(8-22(23)35-26-24(30)25(28)33-15-34-26)18-10-31-27(32-11-18)38-12-16(2)39-17(3)13-38/h8-11,15-17,19H,5-7,12-14,30H2,1-4H3,(H,33,34,35)/t16-,17+,19-/m1/s1. The molecule has 1 aromatic carbocycles. The normalized spacial score (nSPS) is 21.6. The lowest BCUT2D eigenvalue weighted by atomic mass is 10.1. The zero-order valence-electron chi connectivity index (χ0n) is 22.7. The van der Waals surface area contributed by atoms with Crippen LogP contribution in [0.2, 0.25) is 5.15 Å². The van der Waals surface area contributed by atoms with Gasteiger partial charge < -0.3 is 30.5 Å². The molecule has 3 N–H and O–H groups in total. The number of nitrogens with zero attached hydrogens (tertiary/aromatic N) is 7. The lowest BCUT2D eigenvalue weighted by molar-refractivity contribution is -0.00571. The fourth-order valence-electron chi connectivity index (χ4n) is 5.29. The molecule has 0 spiro atoms. The number of hydrogen-bond donors (Lipinski definition) is 2. The van der Waals surface area contributed by atoms with Crippen molar-refractivity contribution < 1.29 is 9.13 Å². The van der Waals surface area contributed by atoms with Crippen molar-refractivity contribution in [1.82, 2.24) is 24.8 Å². The SMILES string of the molecule is CCN(C)[C@@H]1CCN(c2cc(F)c(-c3cnc(N4C[C@@H](C)O[C@@H](C)C4)nc3)cc2Nc2ncnc(Cl)c2N)C1. The van der Waals surface area contributed by atoms with E-state index in [0.717, 1.165) is 31.7 Å². The Bertz CT molecular complexity index is 1300. The molecule has 0 amide bonds. The monoisotopic (exact) mass is 555 g/mol. The molecule has 0 radical (unpaired) electrons. The number of hydrogen-bond acceptors (Lipinski definition) is 10. The molecule has 2 fully saturated rings. The van der Waals surface area contributed by atoms with Gasteiger partial charge in [0.2, 0.25) is 5.95 Å². The van der Waals surface area contributed by atoms with E-state index in [1.807, 2.05) is 13.8 Å². The Morgan fingerprint density at radius 3 is 2.51 bits per heavy atom. The van der Waals surface area contributed by atoms with E-state index >= 15 is 4.39 Å². The maximum absolute atomic E-state index is 15.7. The van der Waals surface area contributed by atoms with Crippen LogP contribution in [0.15, 0.2) is 30.9 Å². The number of morpholine rings is 1. The fourth-order valence-corrected chi connectivity index (χ4v) is 5.42. The van der Waals surface area contributed by atoms with Crippen molar-refractivity contribution in [1.29, 1.82) is 0 Å². The topological polar surface area (TPSA) is 109 Å². The second-order valence-electron chi connectivity index (χ2n) is 10.3. The lowest BCUT2D eigenvalue weighted by Crippen LogP contribution is -2.46. The highest BCUT2D eigenvalue weighted by Crippen LogP contribution is 2.38. The van der Waals surface area contributed by atoms with Gasteiger partial charge >= 0.3 is 0 Å². The van der Waals surface area contributed by atoms with Crippen LogP contribution in [0, 0.1) is 5.82 Å². The molecule has 2 aliphatic heterocycles. The van der Waals surface area contributed by atoms with Gasteiger partial charge in [0.15, 0.2) is 11.0 Å². The smallest absolute Gasteiger partial charge is 0.225 e. The van der Waals surface area contributed by atoms with Crippen molar-refractivity contribution in [2.75, 3.05) is 60.6 Å². The molecule has 10 nitrogen and oxygen atoms in total. The number of nitrogens with one attached hydrogen (secondary N) is 1. The molecule has 208 valence electrons. The molecule has 0 bridgehead atoms. The molecule has 0 saturated carbocycles. The number of likely N-dealkylation sites (N-methyl/N-ethyl adjacent to an activating group) is 1. The Kier molecular flexibility index (Phi) is 8.01. The third-order valence-electron chi connectivity index (χ3n) is 7.45. The van der Waals surface area contributed by atoms with Crippen molar-refractivity contribution in [3.05, 3.63) is 41.8 Å². The van der Waals surface area contributed by atoms with E-state index < -0.39 is 0 Å². The van der Waals surface area contributed by atoms with E-state index in [0.29, 0.717) is 47.7 Å². The molecule has 0 aliphatic carbocycles. The second-order valence-corrected chi connectivity index (χ2v) is 10.7. The number of ether oxygens (including phenoxy) is 1. The first-order valence-electron chi connectivity index (χ1n) is 13.3. The van der Waals surface area contributed by atoms with Crippen LogP contribution in [0.25, 0.3) is 11.1 Å². The van der Waals surface area contributed by atoms with E-state index in [-0.39, 0.29) is 28.9 Å². The van der Waals surface area contributed by atoms with Gasteiger partial charge in [0.1, 0.15) is 17.8 Å². The Labute approximate surface area is 233 Å². The Morgan fingerprint density at radius 1 is 1.10 bits per heavy atom. The Morgan fingerprint density at radius 2 is 1.82 bits per heavy atom. The number of aromatic nitrogens is 4. The first-order valence-corrected chi connectivity index (χ1v) is 13.7. The number of anilines is 5. The van der Waals surface area contributed by atoms with Gasteiger partial charge in [-0.05, 0) is 46.0 Å². The van der Waals surface area contributed by atoms with Crippen molar-refractivity contribution in [3.63, 3.8) is 0 Å². The molecule has 12 heteroatoms. The molecular formula is C27H35ClFN9O. The average Bonchev–Trinajstić information content (AvgIpc) is 3.41. The van der Waals surface area contributed by atoms with Gasteiger partial charge in [-0.3, -0.25) is 0 Å². The summed E-state index contributed by atoms with van der Waals surface area (Å²) in [5.41, 5.74) is 8.71. The number of rotatable bonds is 7.